The van der Waals surface area contributed by atoms with Crippen molar-refractivity contribution in [2.24, 2.45) is 7.05 Å². The Morgan fingerprint density at radius 1 is 1.11 bits per heavy atom. The lowest BCUT2D eigenvalue weighted by molar-refractivity contribution is 0.0921. The van der Waals surface area contributed by atoms with Gasteiger partial charge in [0.05, 0.1) is 11.4 Å². The van der Waals surface area contributed by atoms with Crippen LogP contribution in [0.15, 0.2) is 47.3 Å². The highest BCUT2D eigenvalue weighted by Gasteiger charge is 2.18. The number of para-hydroxylation sites is 1. The van der Waals surface area contributed by atoms with Gasteiger partial charge in [0.1, 0.15) is 12.4 Å². The SMILES string of the molecule is Cc1cccc(C)c1OCC(C)NC(=O)c1nn(C)c(=O)c2ccccc12. The van der Waals surface area contributed by atoms with Gasteiger partial charge in [0.2, 0.25) is 0 Å². The molecule has 1 heterocycles. The number of benzene rings is 2. The molecule has 140 valence electrons. The van der Waals surface area contributed by atoms with Gasteiger partial charge in [0.15, 0.2) is 5.69 Å². The Hall–Kier alpha value is -3.15. The van der Waals surface area contributed by atoms with Gasteiger partial charge in [-0.2, -0.15) is 5.10 Å². The second kappa shape index (κ2) is 7.61. The Morgan fingerprint density at radius 2 is 1.74 bits per heavy atom. The Morgan fingerprint density at radius 3 is 2.41 bits per heavy atom. The van der Waals surface area contributed by atoms with E-state index in [0.717, 1.165) is 16.9 Å². The molecule has 0 bridgehead atoms. The standard InChI is InChI=1S/C21H23N3O3/c1-13-8-7-9-14(2)19(13)27-12-15(3)22-20(25)18-16-10-5-6-11-17(16)21(26)24(4)23-18/h5-11,15H,12H2,1-4H3,(H,22,25). The van der Waals surface area contributed by atoms with Crippen LogP contribution < -0.4 is 15.6 Å². The highest BCUT2D eigenvalue weighted by molar-refractivity contribution is 6.04. The van der Waals surface area contributed by atoms with E-state index in [0.29, 0.717) is 17.4 Å². The number of rotatable bonds is 5. The van der Waals surface area contributed by atoms with Crippen molar-refractivity contribution in [2.75, 3.05) is 6.61 Å². The molecule has 0 aliphatic carbocycles. The number of ether oxygens (including phenoxy) is 1. The second-order valence-corrected chi connectivity index (χ2v) is 6.73. The van der Waals surface area contributed by atoms with E-state index in [1.165, 1.54) is 4.68 Å². The third kappa shape index (κ3) is 3.84. The van der Waals surface area contributed by atoms with Crippen molar-refractivity contribution < 1.29 is 9.53 Å². The Kier molecular flexibility index (Phi) is 5.26. The van der Waals surface area contributed by atoms with Crippen LogP contribution in [0, 0.1) is 13.8 Å². The zero-order chi connectivity index (χ0) is 19.6. The first kappa shape index (κ1) is 18.6. The third-order valence-electron chi connectivity index (χ3n) is 4.44. The number of amides is 1. The highest BCUT2D eigenvalue weighted by Crippen LogP contribution is 2.22. The van der Waals surface area contributed by atoms with E-state index in [4.69, 9.17) is 4.74 Å². The van der Waals surface area contributed by atoms with Crippen LogP contribution in [0.2, 0.25) is 0 Å². The molecule has 0 fully saturated rings. The molecule has 0 saturated heterocycles. The molecular weight excluding hydrogens is 342 g/mol. The van der Waals surface area contributed by atoms with E-state index in [9.17, 15) is 9.59 Å². The highest BCUT2D eigenvalue weighted by atomic mass is 16.5. The van der Waals surface area contributed by atoms with E-state index in [-0.39, 0.29) is 23.2 Å². The molecule has 3 rings (SSSR count). The van der Waals surface area contributed by atoms with Crippen LogP contribution in [-0.2, 0) is 7.05 Å². The monoisotopic (exact) mass is 365 g/mol. The minimum absolute atomic E-state index is 0.227. The molecule has 27 heavy (non-hydrogen) atoms. The number of aryl methyl sites for hydroxylation is 3. The number of aromatic nitrogens is 2. The third-order valence-corrected chi connectivity index (χ3v) is 4.44. The van der Waals surface area contributed by atoms with Crippen molar-refractivity contribution in [1.29, 1.82) is 0 Å². The molecule has 0 aliphatic heterocycles. The summed E-state index contributed by atoms with van der Waals surface area (Å²) in [5.41, 5.74) is 2.11. The molecule has 0 saturated carbocycles. The molecule has 1 atom stereocenters. The predicted molar refractivity (Wildman–Crippen MR) is 105 cm³/mol. The molecule has 3 aromatic rings. The molecule has 1 amide bonds. The first-order chi connectivity index (χ1) is 12.9. The normalized spacial score (nSPS) is 12.0. The van der Waals surface area contributed by atoms with Crippen molar-refractivity contribution in [3.05, 3.63) is 69.6 Å². The number of hydrogen-bond acceptors (Lipinski definition) is 4. The summed E-state index contributed by atoms with van der Waals surface area (Å²) in [4.78, 5) is 24.9. The molecule has 0 spiro atoms. The molecule has 1 aromatic heterocycles. The summed E-state index contributed by atoms with van der Waals surface area (Å²) in [7, 11) is 1.54. The van der Waals surface area contributed by atoms with Gasteiger partial charge in [-0.15, -0.1) is 0 Å². The van der Waals surface area contributed by atoms with Gasteiger partial charge < -0.3 is 10.1 Å². The van der Waals surface area contributed by atoms with E-state index >= 15 is 0 Å². The summed E-state index contributed by atoms with van der Waals surface area (Å²) >= 11 is 0. The minimum atomic E-state index is -0.334. The topological polar surface area (TPSA) is 73.2 Å². The Balaban J connectivity index is 1.77. The smallest absolute Gasteiger partial charge is 0.274 e. The summed E-state index contributed by atoms with van der Waals surface area (Å²) in [6, 6.07) is 12.7. The summed E-state index contributed by atoms with van der Waals surface area (Å²) in [6.07, 6.45) is 0. The average molecular weight is 365 g/mol. The van der Waals surface area contributed by atoms with Crippen LogP contribution in [0.3, 0.4) is 0 Å². The van der Waals surface area contributed by atoms with Crippen LogP contribution >= 0.6 is 0 Å². The maximum Gasteiger partial charge on any atom is 0.274 e. The maximum absolute atomic E-state index is 12.7. The predicted octanol–water partition coefficient (Wildman–Crippen LogP) is 2.75. The van der Waals surface area contributed by atoms with Crippen LogP contribution in [0.4, 0.5) is 0 Å². The maximum atomic E-state index is 12.7. The van der Waals surface area contributed by atoms with Gasteiger partial charge in [-0.3, -0.25) is 9.59 Å². The fraction of sp³-hybridized carbons (Fsp3) is 0.286. The zero-order valence-electron chi connectivity index (χ0n) is 15.9. The second-order valence-electron chi connectivity index (χ2n) is 6.73. The molecule has 0 aliphatic rings. The van der Waals surface area contributed by atoms with Crippen molar-refractivity contribution in [3.8, 4) is 5.75 Å². The summed E-state index contributed by atoms with van der Waals surface area (Å²) in [5.74, 6) is 0.503. The van der Waals surface area contributed by atoms with Gasteiger partial charge in [-0.05, 0) is 38.0 Å². The number of carbonyl (C=O) groups excluding carboxylic acids is 1. The Bertz CT molecular complexity index is 1040. The fourth-order valence-electron chi connectivity index (χ4n) is 3.04. The quantitative estimate of drug-likeness (QED) is 0.755. The van der Waals surface area contributed by atoms with Gasteiger partial charge in [0, 0.05) is 12.4 Å². The lowest BCUT2D eigenvalue weighted by atomic mass is 10.1. The first-order valence-electron chi connectivity index (χ1n) is 8.84. The zero-order valence-corrected chi connectivity index (χ0v) is 15.9. The lowest BCUT2D eigenvalue weighted by Gasteiger charge is -2.18. The van der Waals surface area contributed by atoms with Gasteiger partial charge in [0.25, 0.3) is 11.5 Å². The Labute approximate surface area is 157 Å². The van der Waals surface area contributed by atoms with Crippen molar-refractivity contribution in [1.82, 2.24) is 15.1 Å². The lowest BCUT2D eigenvalue weighted by Crippen LogP contribution is -2.38. The van der Waals surface area contributed by atoms with Crippen molar-refractivity contribution in [3.63, 3.8) is 0 Å². The largest absolute Gasteiger partial charge is 0.491 e. The molecule has 0 radical (unpaired) electrons. The molecule has 1 unspecified atom stereocenters. The van der Waals surface area contributed by atoms with Crippen LogP contribution in [0.25, 0.3) is 10.8 Å². The van der Waals surface area contributed by atoms with E-state index in [1.807, 2.05) is 39.0 Å². The number of hydrogen-bond donors (Lipinski definition) is 1. The van der Waals surface area contributed by atoms with E-state index in [1.54, 1.807) is 31.3 Å². The number of fused-ring (bicyclic) bond motifs is 1. The van der Waals surface area contributed by atoms with Crippen LogP contribution in [-0.4, -0.2) is 28.3 Å². The van der Waals surface area contributed by atoms with Gasteiger partial charge in [-0.25, -0.2) is 4.68 Å². The summed E-state index contributed by atoms with van der Waals surface area (Å²) in [5, 5.41) is 8.07. The number of carbonyl (C=O) groups is 1. The summed E-state index contributed by atoms with van der Waals surface area (Å²) in [6.45, 7) is 6.19. The summed E-state index contributed by atoms with van der Waals surface area (Å²) < 4.78 is 7.10. The van der Waals surface area contributed by atoms with Gasteiger partial charge in [-0.1, -0.05) is 36.4 Å². The van der Waals surface area contributed by atoms with E-state index in [2.05, 4.69) is 10.4 Å². The molecular formula is C21H23N3O3. The average Bonchev–Trinajstić information content (AvgIpc) is 2.64. The van der Waals surface area contributed by atoms with Crippen molar-refractivity contribution >= 4 is 16.7 Å². The molecule has 2 aromatic carbocycles. The van der Waals surface area contributed by atoms with E-state index < -0.39 is 0 Å². The van der Waals surface area contributed by atoms with Crippen LogP contribution in [0.5, 0.6) is 5.75 Å². The van der Waals surface area contributed by atoms with Crippen molar-refractivity contribution in [2.45, 2.75) is 26.8 Å². The first-order valence-corrected chi connectivity index (χ1v) is 8.84. The fourth-order valence-corrected chi connectivity index (χ4v) is 3.04. The molecule has 6 heteroatoms. The molecule has 6 nitrogen and oxygen atoms in total. The van der Waals surface area contributed by atoms with Gasteiger partial charge >= 0.3 is 0 Å². The number of nitrogens with one attached hydrogen (secondary N) is 1. The molecule has 1 N–H and O–H groups in total. The number of nitrogens with zero attached hydrogens (tertiary/aromatic N) is 2. The van der Waals surface area contributed by atoms with Crippen LogP contribution in [0.1, 0.15) is 28.5 Å². The minimum Gasteiger partial charge on any atom is -0.491 e.